The van der Waals surface area contributed by atoms with Gasteiger partial charge in [-0.3, -0.25) is 4.79 Å². The minimum Gasteiger partial charge on any atom is -0.494 e. The number of amides is 1. The number of thiazole rings is 1. The topological polar surface area (TPSA) is 94.3 Å². The number of hydrogen-bond acceptors (Lipinski definition) is 7. The number of carbonyl (C=O) groups excluding carboxylic acids is 1. The SMILES string of the molecule is COc1cccc2sc(NC(=O)CCc3c(C)nc4ncnn4c3C)nc12. The largest absolute Gasteiger partial charge is 0.494 e. The lowest BCUT2D eigenvalue weighted by atomic mass is 10.1. The lowest BCUT2D eigenvalue weighted by Crippen LogP contribution is -2.14. The first kappa shape index (κ1) is 17.3. The number of para-hydroxylation sites is 1. The Morgan fingerprint density at radius 2 is 2.15 bits per heavy atom. The van der Waals surface area contributed by atoms with Crippen LogP contribution in [0.1, 0.15) is 23.4 Å². The van der Waals surface area contributed by atoms with Crippen LogP contribution >= 0.6 is 11.3 Å². The molecule has 0 saturated heterocycles. The van der Waals surface area contributed by atoms with Crippen LogP contribution in [0.3, 0.4) is 0 Å². The summed E-state index contributed by atoms with van der Waals surface area (Å²) in [6.07, 6.45) is 2.38. The standard InChI is InChI=1S/C18H18N6O2S/c1-10-12(11(2)24-17(21-10)19-9-20-24)7-8-15(25)22-18-23-16-13(26-3)5-4-6-14(16)27-18/h4-6,9H,7-8H2,1-3H3,(H,22,23,25). The molecule has 1 N–H and O–H groups in total. The van der Waals surface area contributed by atoms with Crippen LogP contribution in [0.2, 0.25) is 0 Å². The van der Waals surface area contributed by atoms with Crippen molar-refractivity contribution in [2.45, 2.75) is 26.7 Å². The zero-order valence-electron chi connectivity index (χ0n) is 15.2. The molecule has 3 aromatic heterocycles. The van der Waals surface area contributed by atoms with Crippen molar-refractivity contribution in [3.63, 3.8) is 0 Å². The third kappa shape index (κ3) is 3.21. The number of hydrogen-bond donors (Lipinski definition) is 1. The fourth-order valence-electron chi connectivity index (χ4n) is 3.08. The normalized spacial score (nSPS) is 11.2. The number of nitrogens with zero attached hydrogens (tertiary/aromatic N) is 5. The Balaban J connectivity index is 1.49. The fraction of sp³-hybridized carbons (Fsp3) is 0.278. The predicted molar refractivity (Wildman–Crippen MR) is 103 cm³/mol. The highest BCUT2D eigenvalue weighted by atomic mass is 32.1. The Morgan fingerprint density at radius 3 is 2.96 bits per heavy atom. The van der Waals surface area contributed by atoms with Crippen molar-refractivity contribution in [1.82, 2.24) is 24.6 Å². The van der Waals surface area contributed by atoms with Gasteiger partial charge in [0.25, 0.3) is 5.78 Å². The second kappa shape index (κ2) is 6.92. The van der Waals surface area contributed by atoms with Gasteiger partial charge in [-0.25, -0.2) is 14.5 Å². The Hall–Kier alpha value is -3.07. The molecular weight excluding hydrogens is 364 g/mol. The Bertz CT molecular complexity index is 1150. The van der Waals surface area contributed by atoms with E-state index in [1.807, 2.05) is 32.0 Å². The van der Waals surface area contributed by atoms with Gasteiger partial charge in [0.2, 0.25) is 5.91 Å². The van der Waals surface area contributed by atoms with E-state index in [1.54, 1.807) is 11.6 Å². The molecule has 0 radical (unpaired) electrons. The molecule has 9 heteroatoms. The third-order valence-electron chi connectivity index (χ3n) is 4.44. The molecule has 1 aromatic carbocycles. The van der Waals surface area contributed by atoms with Crippen molar-refractivity contribution < 1.29 is 9.53 Å². The van der Waals surface area contributed by atoms with Crippen LogP contribution in [0.25, 0.3) is 16.0 Å². The van der Waals surface area contributed by atoms with Crippen molar-refractivity contribution in [1.29, 1.82) is 0 Å². The van der Waals surface area contributed by atoms with Crippen LogP contribution in [0, 0.1) is 13.8 Å². The summed E-state index contributed by atoms with van der Waals surface area (Å²) in [5.41, 5.74) is 3.58. The number of rotatable bonds is 5. The maximum absolute atomic E-state index is 12.4. The van der Waals surface area contributed by atoms with E-state index in [1.165, 1.54) is 17.7 Å². The summed E-state index contributed by atoms with van der Waals surface area (Å²) in [4.78, 5) is 25.4. The first-order valence-electron chi connectivity index (χ1n) is 8.46. The monoisotopic (exact) mass is 382 g/mol. The molecular formula is C18H18N6O2S. The van der Waals surface area contributed by atoms with Gasteiger partial charge in [0.05, 0.1) is 11.8 Å². The first-order valence-corrected chi connectivity index (χ1v) is 9.27. The van der Waals surface area contributed by atoms with Gasteiger partial charge in [-0.05, 0) is 38.0 Å². The van der Waals surface area contributed by atoms with Crippen LogP contribution in [0.4, 0.5) is 5.13 Å². The highest BCUT2D eigenvalue weighted by Crippen LogP contribution is 2.32. The van der Waals surface area contributed by atoms with E-state index in [9.17, 15) is 4.79 Å². The minimum atomic E-state index is -0.0921. The maximum Gasteiger partial charge on any atom is 0.252 e. The van der Waals surface area contributed by atoms with Crippen molar-refractivity contribution in [3.05, 3.63) is 41.5 Å². The van der Waals surface area contributed by atoms with Crippen molar-refractivity contribution in [2.24, 2.45) is 0 Å². The number of benzene rings is 1. The molecule has 8 nitrogen and oxygen atoms in total. The van der Waals surface area contributed by atoms with Crippen LogP contribution < -0.4 is 10.1 Å². The molecule has 27 heavy (non-hydrogen) atoms. The van der Waals surface area contributed by atoms with Crippen LogP contribution in [0.5, 0.6) is 5.75 Å². The van der Waals surface area contributed by atoms with Gasteiger partial charge >= 0.3 is 0 Å². The van der Waals surface area contributed by atoms with E-state index in [4.69, 9.17) is 4.74 Å². The molecule has 0 unspecified atom stereocenters. The summed E-state index contributed by atoms with van der Waals surface area (Å²) in [6, 6.07) is 5.72. The summed E-state index contributed by atoms with van der Waals surface area (Å²) in [5, 5.41) is 7.63. The molecule has 0 aliphatic heterocycles. The lowest BCUT2D eigenvalue weighted by molar-refractivity contribution is -0.116. The zero-order valence-corrected chi connectivity index (χ0v) is 16.0. The average Bonchev–Trinajstić information content (AvgIpc) is 3.27. The summed E-state index contributed by atoms with van der Waals surface area (Å²) < 4.78 is 7.98. The minimum absolute atomic E-state index is 0.0921. The van der Waals surface area contributed by atoms with Gasteiger partial charge in [-0.2, -0.15) is 10.1 Å². The first-order chi connectivity index (χ1) is 13.1. The molecule has 0 bridgehead atoms. The average molecular weight is 382 g/mol. The van der Waals surface area contributed by atoms with Gasteiger partial charge in [0, 0.05) is 17.8 Å². The quantitative estimate of drug-likeness (QED) is 0.570. The van der Waals surface area contributed by atoms with E-state index in [-0.39, 0.29) is 5.91 Å². The van der Waals surface area contributed by atoms with E-state index >= 15 is 0 Å². The van der Waals surface area contributed by atoms with Gasteiger partial charge in [-0.1, -0.05) is 17.4 Å². The number of anilines is 1. The summed E-state index contributed by atoms with van der Waals surface area (Å²) in [6.45, 7) is 3.89. The van der Waals surface area contributed by atoms with Crippen LogP contribution in [-0.4, -0.2) is 37.6 Å². The second-order valence-corrected chi connectivity index (χ2v) is 7.14. The number of carbonyl (C=O) groups is 1. The van der Waals surface area contributed by atoms with Crippen LogP contribution in [0.15, 0.2) is 24.5 Å². The Morgan fingerprint density at radius 1 is 1.30 bits per heavy atom. The number of fused-ring (bicyclic) bond motifs is 2. The van der Waals surface area contributed by atoms with Gasteiger partial charge in [0.15, 0.2) is 5.13 Å². The zero-order chi connectivity index (χ0) is 19.0. The smallest absolute Gasteiger partial charge is 0.252 e. The number of aromatic nitrogens is 5. The van der Waals surface area contributed by atoms with E-state index in [0.717, 1.165) is 27.2 Å². The molecule has 0 aliphatic rings. The number of ether oxygens (including phenoxy) is 1. The van der Waals surface area contributed by atoms with E-state index < -0.39 is 0 Å². The Kier molecular flexibility index (Phi) is 4.44. The fourth-order valence-corrected chi connectivity index (χ4v) is 3.98. The maximum atomic E-state index is 12.4. The van der Waals surface area contributed by atoms with Gasteiger partial charge < -0.3 is 10.1 Å². The highest BCUT2D eigenvalue weighted by Gasteiger charge is 2.14. The summed E-state index contributed by atoms with van der Waals surface area (Å²) in [5.74, 6) is 1.18. The molecule has 1 amide bonds. The van der Waals surface area contributed by atoms with Gasteiger partial charge in [0.1, 0.15) is 17.6 Å². The molecule has 4 aromatic rings. The molecule has 0 fully saturated rings. The van der Waals surface area contributed by atoms with E-state index in [0.29, 0.717) is 29.5 Å². The highest BCUT2D eigenvalue weighted by molar-refractivity contribution is 7.22. The summed E-state index contributed by atoms with van der Waals surface area (Å²) in [7, 11) is 1.61. The van der Waals surface area contributed by atoms with Crippen molar-refractivity contribution in [2.75, 3.05) is 12.4 Å². The van der Waals surface area contributed by atoms with Crippen molar-refractivity contribution in [3.8, 4) is 5.75 Å². The molecule has 4 rings (SSSR count). The number of nitrogens with one attached hydrogen (secondary N) is 1. The predicted octanol–water partition coefficient (Wildman–Crippen LogP) is 2.93. The molecule has 0 spiro atoms. The lowest BCUT2D eigenvalue weighted by Gasteiger charge is -2.10. The summed E-state index contributed by atoms with van der Waals surface area (Å²) >= 11 is 1.43. The molecule has 138 valence electrons. The van der Waals surface area contributed by atoms with Gasteiger partial charge in [-0.15, -0.1) is 0 Å². The Labute approximate surface area is 159 Å². The molecule has 0 atom stereocenters. The van der Waals surface area contributed by atoms with E-state index in [2.05, 4.69) is 25.4 Å². The molecule has 0 saturated carbocycles. The second-order valence-electron chi connectivity index (χ2n) is 6.11. The third-order valence-corrected chi connectivity index (χ3v) is 5.37. The van der Waals surface area contributed by atoms with Crippen molar-refractivity contribution >= 4 is 38.4 Å². The molecule has 3 heterocycles. The number of aryl methyl sites for hydroxylation is 2. The molecule has 0 aliphatic carbocycles. The van der Waals surface area contributed by atoms with Crippen LogP contribution in [-0.2, 0) is 11.2 Å². The number of methoxy groups -OCH3 is 1.